The van der Waals surface area contributed by atoms with Gasteiger partial charge in [0.15, 0.2) is 6.29 Å². The fourth-order valence-electron chi connectivity index (χ4n) is 3.70. The number of nitrogens with zero attached hydrogens (tertiary/aromatic N) is 1. The van der Waals surface area contributed by atoms with Gasteiger partial charge >= 0.3 is 6.03 Å². The monoisotopic (exact) mass is 367 g/mol. The number of aliphatic hydroxyl groups excluding tert-OH is 1. The zero-order valence-corrected chi connectivity index (χ0v) is 14.1. The molecule has 2 amide bonds. The quantitative estimate of drug-likeness (QED) is 0.704. The Morgan fingerprint density at radius 2 is 1.96 bits per heavy atom. The summed E-state index contributed by atoms with van der Waals surface area (Å²) in [7, 11) is 0. The average Bonchev–Trinajstić information content (AvgIpc) is 3.07. The maximum atomic E-state index is 13.0. The van der Waals surface area contributed by atoms with Crippen LogP contribution in [0.4, 0.5) is 14.9 Å². The van der Waals surface area contributed by atoms with Gasteiger partial charge in [-0.15, -0.1) is 0 Å². The molecule has 1 aromatic rings. The third-order valence-electron chi connectivity index (χ3n) is 5.00. The van der Waals surface area contributed by atoms with E-state index in [4.69, 9.17) is 14.2 Å². The van der Waals surface area contributed by atoms with E-state index in [1.54, 1.807) is 0 Å². The molecule has 0 spiro atoms. The second-order valence-electron chi connectivity index (χ2n) is 6.64. The smallest absolute Gasteiger partial charge is 0.319 e. The fraction of sp³-hybridized carbons (Fsp3) is 0.588. The predicted molar refractivity (Wildman–Crippen MR) is 89.1 cm³/mol. The highest BCUT2D eigenvalue weighted by atomic mass is 19.1. The van der Waals surface area contributed by atoms with E-state index in [9.17, 15) is 14.3 Å². The molecule has 1 aromatic carbocycles. The van der Waals surface area contributed by atoms with Crippen LogP contribution in [0.2, 0.25) is 0 Å². The van der Waals surface area contributed by atoms with E-state index in [1.807, 2.05) is 0 Å². The standard InChI is InChI=1S/C17H22FN3O5/c18-10-1-3-11(4-2-10)19-17(23)20-13-12-9-25-16(26-12)14(15(13)22)21-5-7-24-8-6-21/h1-4,12-16,22H,5-9H2,(H2,19,20,23)/t12-,13-,14-,15+,16-/m1/s1. The Hall–Kier alpha value is -1.78. The Morgan fingerprint density at radius 1 is 1.23 bits per heavy atom. The molecule has 142 valence electrons. The third-order valence-corrected chi connectivity index (χ3v) is 5.00. The number of nitrogens with one attached hydrogen (secondary N) is 2. The molecule has 0 radical (unpaired) electrons. The Balaban J connectivity index is 1.43. The number of anilines is 1. The molecule has 3 aliphatic heterocycles. The van der Waals surface area contributed by atoms with Crippen molar-refractivity contribution >= 4 is 11.7 Å². The van der Waals surface area contributed by atoms with Crippen LogP contribution >= 0.6 is 0 Å². The summed E-state index contributed by atoms with van der Waals surface area (Å²) in [6.07, 6.45) is -1.75. The molecular formula is C17H22FN3O5. The number of halogens is 1. The lowest BCUT2D eigenvalue weighted by molar-refractivity contribution is -0.189. The van der Waals surface area contributed by atoms with Gasteiger partial charge in [-0.3, -0.25) is 4.90 Å². The van der Waals surface area contributed by atoms with Gasteiger partial charge in [-0.25, -0.2) is 9.18 Å². The molecular weight excluding hydrogens is 345 g/mol. The number of hydrogen-bond acceptors (Lipinski definition) is 6. The largest absolute Gasteiger partial charge is 0.389 e. The minimum absolute atomic E-state index is 0.310. The molecule has 5 atom stereocenters. The number of benzene rings is 1. The zero-order chi connectivity index (χ0) is 18.1. The van der Waals surface area contributed by atoms with Crippen molar-refractivity contribution in [1.82, 2.24) is 10.2 Å². The molecule has 0 aliphatic carbocycles. The summed E-state index contributed by atoms with van der Waals surface area (Å²) < 4.78 is 29.9. The lowest BCUT2D eigenvalue weighted by Gasteiger charge is -2.44. The maximum absolute atomic E-state index is 13.0. The van der Waals surface area contributed by atoms with Crippen LogP contribution in [0.25, 0.3) is 0 Å². The van der Waals surface area contributed by atoms with E-state index in [0.29, 0.717) is 38.6 Å². The first-order valence-electron chi connectivity index (χ1n) is 8.72. The van der Waals surface area contributed by atoms with Crippen molar-refractivity contribution < 1.29 is 28.5 Å². The lowest BCUT2D eigenvalue weighted by atomic mass is 9.94. The highest BCUT2D eigenvalue weighted by Crippen LogP contribution is 2.31. The first-order chi connectivity index (χ1) is 12.6. The predicted octanol–water partition coefficient (Wildman–Crippen LogP) is 0.133. The third kappa shape index (κ3) is 3.53. The van der Waals surface area contributed by atoms with Crippen LogP contribution in [0.15, 0.2) is 24.3 Å². The summed E-state index contributed by atoms with van der Waals surface area (Å²) in [4.78, 5) is 14.4. The Labute approximate surface area is 150 Å². The number of amides is 2. The number of morpholine rings is 1. The molecule has 4 rings (SSSR count). The second-order valence-corrected chi connectivity index (χ2v) is 6.64. The molecule has 8 nitrogen and oxygen atoms in total. The van der Waals surface area contributed by atoms with E-state index in [2.05, 4.69) is 15.5 Å². The van der Waals surface area contributed by atoms with Crippen LogP contribution in [0.3, 0.4) is 0 Å². The Morgan fingerprint density at radius 3 is 2.69 bits per heavy atom. The SMILES string of the molecule is O=C(Nc1ccc(F)cc1)N[C@H]1[C@H](O)[C@@H](N2CCOCC2)[C@@H]2OC[C@H]1O2. The number of rotatable bonds is 3. The van der Waals surface area contributed by atoms with Crippen molar-refractivity contribution in [2.45, 2.75) is 30.6 Å². The first-order valence-corrected chi connectivity index (χ1v) is 8.72. The summed E-state index contributed by atoms with van der Waals surface area (Å²) in [6, 6.07) is 3.99. The van der Waals surface area contributed by atoms with Gasteiger partial charge in [0.25, 0.3) is 0 Å². The first kappa shape index (κ1) is 17.6. The highest BCUT2D eigenvalue weighted by molar-refractivity contribution is 5.89. The van der Waals surface area contributed by atoms with Crippen molar-refractivity contribution in [1.29, 1.82) is 0 Å². The van der Waals surface area contributed by atoms with Gasteiger partial charge in [0.05, 0.1) is 38.0 Å². The zero-order valence-electron chi connectivity index (χ0n) is 14.1. The number of ether oxygens (including phenoxy) is 3. The van der Waals surface area contributed by atoms with E-state index in [-0.39, 0.29) is 11.9 Å². The summed E-state index contributed by atoms with van der Waals surface area (Å²) in [6.45, 7) is 2.82. The summed E-state index contributed by atoms with van der Waals surface area (Å²) in [5.74, 6) is -0.380. The Kier molecular flexibility index (Phi) is 5.05. The van der Waals surface area contributed by atoms with E-state index in [1.165, 1.54) is 24.3 Å². The van der Waals surface area contributed by atoms with Crippen molar-refractivity contribution in [2.75, 3.05) is 38.2 Å². The minimum Gasteiger partial charge on any atom is -0.389 e. The van der Waals surface area contributed by atoms with Crippen LogP contribution in [-0.4, -0.2) is 79.5 Å². The average molecular weight is 367 g/mol. The number of fused-ring (bicyclic) bond motifs is 2. The molecule has 26 heavy (non-hydrogen) atoms. The molecule has 3 fully saturated rings. The second kappa shape index (κ2) is 7.45. The number of carbonyl (C=O) groups is 1. The lowest BCUT2D eigenvalue weighted by Crippen LogP contribution is -2.66. The summed E-state index contributed by atoms with van der Waals surface area (Å²) in [5, 5.41) is 16.3. The van der Waals surface area contributed by atoms with Crippen molar-refractivity contribution in [3.63, 3.8) is 0 Å². The fourth-order valence-corrected chi connectivity index (χ4v) is 3.70. The molecule has 2 bridgehead atoms. The van der Waals surface area contributed by atoms with Crippen LogP contribution in [-0.2, 0) is 14.2 Å². The van der Waals surface area contributed by atoms with Crippen molar-refractivity contribution in [3.05, 3.63) is 30.1 Å². The number of aliphatic hydroxyl groups is 1. The van der Waals surface area contributed by atoms with Crippen LogP contribution in [0.1, 0.15) is 0 Å². The van der Waals surface area contributed by atoms with Gasteiger partial charge in [-0.1, -0.05) is 0 Å². The minimum atomic E-state index is -0.835. The molecule has 0 unspecified atom stereocenters. The number of hydrogen-bond donors (Lipinski definition) is 3. The van der Waals surface area contributed by atoms with Crippen LogP contribution in [0, 0.1) is 5.82 Å². The summed E-state index contributed by atoms with van der Waals surface area (Å²) >= 11 is 0. The maximum Gasteiger partial charge on any atom is 0.319 e. The topological polar surface area (TPSA) is 92.3 Å². The van der Waals surface area contributed by atoms with Crippen LogP contribution in [0.5, 0.6) is 0 Å². The van der Waals surface area contributed by atoms with Gasteiger partial charge in [-0.05, 0) is 24.3 Å². The van der Waals surface area contributed by atoms with E-state index < -0.39 is 30.6 Å². The molecule has 3 heterocycles. The van der Waals surface area contributed by atoms with E-state index >= 15 is 0 Å². The van der Waals surface area contributed by atoms with Crippen molar-refractivity contribution in [2.24, 2.45) is 0 Å². The molecule has 3 N–H and O–H groups in total. The number of urea groups is 1. The van der Waals surface area contributed by atoms with Gasteiger partial charge in [0.1, 0.15) is 11.9 Å². The normalized spacial score (nSPS) is 34.5. The number of carbonyl (C=O) groups excluding carboxylic acids is 1. The molecule has 9 heteroatoms. The summed E-state index contributed by atoms with van der Waals surface area (Å²) in [5.41, 5.74) is 0.459. The molecule has 0 saturated carbocycles. The van der Waals surface area contributed by atoms with Gasteiger partial charge in [0, 0.05) is 18.8 Å². The van der Waals surface area contributed by atoms with Crippen LogP contribution < -0.4 is 10.6 Å². The van der Waals surface area contributed by atoms with Gasteiger partial charge in [0.2, 0.25) is 0 Å². The van der Waals surface area contributed by atoms with E-state index in [0.717, 1.165) is 0 Å². The molecule has 3 saturated heterocycles. The highest BCUT2D eigenvalue weighted by Gasteiger charge is 2.52. The molecule has 3 aliphatic rings. The Bertz CT molecular complexity index is 640. The van der Waals surface area contributed by atoms with Crippen molar-refractivity contribution in [3.8, 4) is 0 Å². The molecule has 0 aromatic heterocycles. The van der Waals surface area contributed by atoms with Gasteiger partial charge in [-0.2, -0.15) is 0 Å². The van der Waals surface area contributed by atoms with Gasteiger partial charge < -0.3 is 30.0 Å².